The number of hydrogen-bond donors (Lipinski definition) is 3. The van der Waals surface area contributed by atoms with Gasteiger partial charge in [0, 0.05) is 35.8 Å². The number of para-hydroxylation sites is 1. The van der Waals surface area contributed by atoms with Gasteiger partial charge in [-0.25, -0.2) is 0 Å². The Morgan fingerprint density at radius 2 is 2.10 bits per heavy atom. The van der Waals surface area contributed by atoms with Gasteiger partial charge in [0.15, 0.2) is 5.76 Å². The fraction of sp³-hybridized carbons (Fsp3) is 0.538. The van der Waals surface area contributed by atoms with Crippen LogP contribution in [0.5, 0.6) is 0 Å². The minimum atomic E-state index is -0.850. The SMILES string of the molecule is OC1=C2O[C@H]3c4[nH]c5ccccc5c4C[C@@]4(O)[C@H]5CC(C=C1)C2[C@@]34CCN5CC1CC1. The Morgan fingerprint density at radius 3 is 2.97 bits per heavy atom. The molecule has 160 valence electrons. The number of aromatic amines is 1. The van der Waals surface area contributed by atoms with E-state index in [-0.39, 0.29) is 29.2 Å². The lowest BCUT2D eigenvalue weighted by molar-refractivity contribution is -0.240. The molecule has 5 heteroatoms. The molecule has 0 radical (unpaired) electrons. The number of allylic oxidation sites excluding steroid dienone is 3. The number of aliphatic hydroxyl groups is 2. The van der Waals surface area contributed by atoms with Gasteiger partial charge in [0.2, 0.25) is 0 Å². The number of H-pyrrole nitrogens is 1. The van der Waals surface area contributed by atoms with Gasteiger partial charge in [0.05, 0.1) is 16.7 Å². The minimum absolute atomic E-state index is 0.0615. The molecule has 8 rings (SSSR count). The fourth-order valence-corrected chi connectivity index (χ4v) is 8.17. The molecule has 0 amide bonds. The summed E-state index contributed by atoms with van der Waals surface area (Å²) in [6.07, 6.45) is 8.97. The number of benzene rings is 1. The molecule has 2 saturated heterocycles. The molecule has 1 aromatic heterocycles. The summed E-state index contributed by atoms with van der Waals surface area (Å²) in [5, 5.41) is 24.7. The Morgan fingerprint density at radius 1 is 1.23 bits per heavy atom. The molecule has 2 aromatic rings. The van der Waals surface area contributed by atoms with Crippen molar-refractivity contribution in [2.45, 2.75) is 49.9 Å². The first-order chi connectivity index (χ1) is 15.1. The third kappa shape index (κ3) is 1.89. The van der Waals surface area contributed by atoms with Crippen molar-refractivity contribution in [1.29, 1.82) is 0 Å². The van der Waals surface area contributed by atoms with E-state index in [1.165, 1.54) is 23.8 Å². The Hall–Kier alpha value is -2.24. The molecule has 31 heavy (non-hydrogen) atoms. The highest BCUT2D eigenvalue weighted by Crippen LogP contribution is 2.73. The zero-order chi connectivity index (χ0) is 20.5. The third-order valence-corrected chi connectivity index (χ3v) is 9.58. The number of hydrogen-bond acceptors (Lipinski definition) is 4. The van der Waals surface area contributed by atoms with Crippen LogP contribution in [0.1, 0.15) is 43.0 Å². The minimum Gasteiger partial charge on any atom is -0.504 e. The Balaban J connectivity index is 1.39. The van der Waals surface area contributed by atoms with Crippen molar-refractivity contribution in [2.24, 2.45) is 23.2 Å². The van der Waals surface area contributed by atoms with E-state index < -0.39 is 5.60 Å². The molecule has 6 aliphatic rings. The normalized spacial score (nSPS) is 42.5. The number of nitrogens with zero attached hydrogens (tertiary/aromatic N) is 1. The molecule has 1 spiro atoms. The second kappa shape index (κ2) is 5.38. The Bertz CT molecular complexity index is 1190. The second-order valence-corrected chi connectivity index (χ2v) is 10.9. The summed E-state index contributed by atoms with van der Waals surface area (Å²) in [6.45, 7) is 2.13. The molecular weight excluding hydrogens is 388 g/mol. The summed E-state index contributed by atoms with van der Waals surface area (Å²) in [5.41, 5.74) is 2.21. The average Bonchev–Trinajstić information content (AvgIpc) is 3.40. The van der Waals surface area contributed by atoms with Gasteiger partial charge in [-0.1, -0.05) is 24.3 Å². The topological polar surface area (TPSA) is 68.7 Å². The maximum Gasteiger partial charge on any atom is 0.153 e. The maximum atomic E-state index is 12.7. The summed E-state index contributed by atoms with van der Waals surface area (Å²) in [4.78, 5) is 6.28. The zero-order valence-corrected chi connectivity index (χ0v) is 17.6. The van der Waals surface area contributed by atoms with Gasteiger partial charge in [-0.2, -0.15) is 0 Å². The zero-order valence-electron chi connectivity index (χ0n) is 17.6. The predicted molar refractivity (Wildman–Crippen MR) is 116 cm³/mol. The molecule has 6 atom stereocenters. The Labute approximate surface area is 181 Å². The smallest absolute Gasteiger partial charge is 0.153 e. The highest BCUT2D eigenvalue weighted by atomic mass is 16.5. The van der Waals surface area contributed by atoms with Crippen LogP contribution in [-0.4, -0.2) is 44.8 Å². The summed E-state index contributed by atoms with van der Waals surface area (Å²) in [5.74, 6) is 2.15. The molecule has 3 heterocycles. The van der Waals surface area contributed by atoms with Crippen LogP contribution in [-0.2, 0) is 11.2 Å². The molecule has 4 aliphatic carbocycles. The van der Waals surface area contributed by atoms with Crippen LogP contribution in [0.3, 0.4) is 0 Å². The van der Waals surface area contributed by atoms with E-state index in [1.54, 1.807) is 0 Å². The number of aliphatic hydroxyl groups excluding tert-OH is 1. The average molecular weight is 417 g/mol. The van der Waals surface area contributed by atoms with Gasteiger partial charge in [-0.15, -0.1) is 0 Å². The van der Waals surface area contributed by atoms with E-state index in [2.05, 4.69) is 40.2 Å². The van der Waals surface area contributed by atoms with Gasteiger partial charge in [0.1, 0.15) is 11.9 Å². The summed E-state index contributed by atoms with van der Waals surface area (Å²) in [6, 6.07) is 8.56. The fourth-order valence-electron chi connectivity index (χ4n) is 8.17. The van der Waals surface area contributed by atoms with Crippen molar-refractivity contribution in [1.82, 2.24) is 9.88 Å². The number of aromatic nitrogens is 1. The molecule has 2 unspecified atom stereocenters. The van der Waals surface area contributed by atoms with Crippen LogP contribution in [0.4, 0.5) is 0 Å². The molecule has 5 nitrogen and oxygen atoms in total. The van der Waals surface area contributed by atoms with E-state index in [0.717, 1.165) is 48.8 Å². The van der Waals surface area contributed by atoms with Gasteiger partial charge < -0.3 is 19.9 Å². The van der Waals surface area contributed by atoms with Crippen LogP contribution in [0.15, 0.2) is 47.9 Å². The monoisotopic (exact) mass is 416 g/mol. The molecule has 2 saturated carbocycles. The van der Waals surface area contributed by atoms with E-state index >= 15 is 0 Å². The largest absolute Gasteiger partial charge is 0.504 e. The number of rotatable bonds is 2. The first kappa shape index (κ1) is 17.3. The first-order valence-corrected chi connectivity index (χ1v) is 11.9. The van der Waals surface area contributed by atoms with Gasteiger partial charge in [-0.05, 0) is 61.8 Å². The lowest BCUT2D eigenvalue weighted by Gasteiger charge is -2.65. The third-order valence-electron chi connectivity index (χ3n) is 9.58. The van der Waals surface area contributed by atoms with E-state index in [9.17, 15) is 10.2 Å². The van der Waals surface area contributed by atoms with Crippen LogP contribution in [0.2, 0.25) is 0 Å². The summed E-state index contributed by atoms with van der Waals surface area (Å²) in [7, 11) is 0. The summed E-state index contributed by atoms with van der Waals surface area (Å²) < 4.78 is 6.66. The van der Waals surface area contributed by atoms with Crippen molar-refractivity contribution in [3.05, 3.63) is 59.2 Å². The first-order valence-electron chi connectivity index (χ1n) is 11.9. The second-order valence-electron chi connectivity index (χ2n) is 10.9. The molecule has 2 bridgehead atoms. The number of likely N-dealkylation sites (tertiary alicyclic amines) is 1. The number of piperidine rings is 1. The van der Waals surface area contributed by atoms with Crippen LogP contribution in [0, 0.1) is 23.2 Å². The Kier molecular flexibility index (Phi) is 3.01. The van der Waals surface area contributed by atoms with Gasteiger partial charge in [-0.3, -0.25) is 4.90 Å². The van der Waals surface area contributed by atoms with Crippen molar-refractivity contribution in [3.8, 4) is 0 Å². The predicted octanol–water partition coefficient (Wildman–Crippen LogP) is 3.97. The molecule has 3 N–H and O–H groups in total. The highest BCUT2D eigenvalue weighted by Gasteiger charge is 2.76. The van der Waals surface area contributed by atoms with Gasteiger partial charge >= 0.3 is 0 Å². The summed E-state index contributed by atoms with van der Waals surface area (Å²) >= 11 is 0. The van der Waals surface area contributed by atoms with E-state index in [4.69, 9.17) is 4.74 Å². The number of nitrogens with one attached hydrogen (secondary N) is 1. The van der Waals surface area contributed by atoms with Crippen LogP contribution < -0.4 is 0 Å². The van der Waals surface area contributed by atoms with Crippen LogP contribution >= 0.6 is 0 Å². The van der Waals surface area contributed by atoms with Gasteiger partial charge in [0.25, 0.3) is 0 Å². The number of ether oxygens (including phenoxy) is 1. The molecule has 2 aliphatic heterocycles. The van der Waals surface area contributed by atoms with Crippen LogP contribution in [0.25, 0.3) is 10.9 Å². The van der Waals surface area contributed by atoms with Crippen molar-refractivity contribution < 1.29 is 14.9 Å². The standard InChI is InChI=1S/C26H28N2O3/c29-19-8-7-15-11-20-26(30)12-17-16-3-1-2-4-18(16)27-22(17)24-25(26,21(15)23(19)31-24)9-10-28(20)13-14-5-6-14/h1-4,7-8,14-15,20-21,24,27,29-30H,5-6,9-13H2/t15?,20-,21?,24+,25+,26-/m1/s1. The van der Waals surface area contributed by atoms with E-state index in [1.807, 2.05) is 6.08 Å². The van der Waals surface area contributed by atoms with Crippen molar-refractivity contribution in [3.63, 3.8) is 0 Å². The lowest BCUT2D eigenvalue weighted by Crippen LogP contribution is -2.75. The quantitative estimate of drug-likeness (QED) is 0.693. The number of fused-ring (bicyclic) bond motifs is 4. The highest BCUT2D eigenvalue weighted by molar-refractivity contribution is 5.85. The molecular formula is C26H28N2O3. The van der Waals surface area contributed by atoms with Crippen molar-refractivity contribution >= 4 is 10.9 Å². The van der Waals surface area contributed by atoms with E-state index in [0.29, 0.717) is 12.3 Å². The molecule has 1 aromatic carbocycles. The molecule has 4 fully saturated rings. The van der Waals surface area contributed by atoms with Crippen molar-refractivity contribution in [2.75, 3.05) is 13.1 Å². The maximum absolute atomic E-state index is 12.7. The lowest BCUT2D eigenvalue weighted by atomic mass is 9.44.